The van der Waals surface area contributed by atoms with E-state index in [1.807, 2.05) is 0 Å². The normalized spacial score (nSPS) is 25.2. The van der Waals surface area contributed by atoms with Crippen molar-refractivity contribution in [1.82, 2.24) is 10.6 Å². The molecule has 0 radical (unpaired) electrons. The largest absolute Gasteiger partial charge is 0.480 e. The van der Waals surface area contributed by atoms with Crippen LogP contribution in [0.25, 0.3) is 0 Å². The van der Waals surface area contributed by atoms with Crippen molar-refractivity contribution < 1.29 is 24.2 Å². The van der Waals surface area contributed by atoms with E-state index in [0.717, 1.165) is 12.8 Å². The van der Waals surface area contributed by atoms with Gasteiger partial charge in [-0.15, -0.1) is 0 Å². The van der Waals surface area contributed by atoms with E-state index in [4.69, 9.17) is 4.74 Å². The van der Waals surface area contributed by atoms with Crippen LogP contribution in [-0.4, -0.2) is 48.2 Å². The molecule has 1 amide bonds. The summed E-state index contributed by atoms with van der Waals surface area (Å²) < 4.78 is 4.82. The molecule has 0 saturated carbocycles. The van der Waals surface area contributed by atoms with E-state index in [1.54, 1.807) is 0 Å². The zero-order valence-electron chi connectivity index (χ0n) is 14.3. The molecule has 132 valence electrons. The molecule has 0 aliphatic carbocycles. The average Bonchev–Trinajstić information content (AvgIpc) is 2.95. The lowest BCUT2D eigenvalue weighted by Gasteiger charge is -2.30. The summed E-state index contributed by atoms with van der Waals surface area (Å²) in [6, 6.07) is -1.54. The zero-order chi connectivity index (χ0) is 17.6. The monoisotopic (exact) mass is 328 g/mol. The number of carbonyl (C=O) groups is 3. The molecule has 1 aliphatic rings. The molecule has 1 heterocycles. The maximum absolute atomic E-state index is 12.0. The molecule has 0 aromatic rings. The van der Waals surface area contributed by atoms with Crippen molar-refractivity contribution >= 4 is 17.8 Å². The lowest BCUT2D eigenvalue weighted by Crippen LogP contribution is -2.53. The quantitative estimate of drug-likeness (QED) is 0.572. The van der Waals surface area contributed by atoms with Gasteiger partial charge in [0.25, 0.3) is 0 Å². The summed E-state index contributed by atoms with van der Waals surface area (Å²) >= 11 is 0. The van der Waals surface area contributed by atoms with E-state index in [9.17, 15) is 19.5 Å². The van der Waals surface area contributed by atoms with Gasteiger partial charge in [-0.05, 0) is 18.8 Å². The molecule has 4 atom stereocenters. The van der Waals surface area contributed by atoms with Gasteiger partial charge in [0, 0.05) is 19.0 Å². The summed E-state index contributed by atoms with van der Waals surface area (Å²) in [5.41, 5.74) is 0. The number of hydrogen-bond donors (Lipinski definition) is 3. The number of aliphatic carboxylic acids is 1. The van der Waals surface area contributed by atoms with E-state index in [-0.39, 0.29) is 18.4 Å². The van der Waals surface area contributed by atoms with Crippen LogP contribution in [0.5, 0.6) is 0 Å². The minimum Gasteiger partial charge on any atom is -0.480 e. The van der Waals surface area contributed by atoms with Gasteiger partial charge >= 0.3 is 11.9 Å². The molecule has 1 rings (SSSR count). The lowest BCUT2D eigenvalue weighted by atomic mass is 9.86. The summed E-state index contributed by atoms with van der Waals surface area (Å²) in [5, 5.41) is 15.1. The molecule has 1 aliphatic heterocycles. The van der Waals surface area contributed by atoms with Crippen LogP contribution in [0.3, 0.4) is 0 Å². The van der Waals surface area contributed by atoms with E-state index >= 15 is 0 Å². The van der Waals surface area contributed by atoms with E-state index < -0.39 is 29.9 Å². The van der Waals surface area contributed by atoms with Crippen LogP contribution in [0, 0.1) is 11.8 Å². The Hall–Kier alpha value is -1.63. The Labute approximate surface area is 137 Å². The lowest BCUT2D eigenvalue weighted by molar-refractivity contribution is -0.146. The molecule has 7 nitrogen and oxygen atoms in total. The first kappa shape index (κ1) is 19.4. The predicted octanol–water partition coefficient (Wildman–Crippen LogP) is 0.922. The second kappa shape index (κ2) is 8.86. The van der Waals surface area contributed by atoms with E-state index in [2.05, 4.69) is 24.5 Å². The smallest absolute Gasteiger partial charge is 0.320 e. The Morgan fingerprint density at radius 1 is 1.30 bits per heavy atom. The number of carboxylic acid groups (broad SMARTS) is 1. The van der Waals surface area contributed by atoms with Crippen molar-refractivity contribution in [3.05, 3.63) is 0 Å². The molecule has 0 aromatic heterocycles. The average molecular weight is 328 g/mol. The summed E-state index contributed by atoms with van der Waals surface area (Å²) in [5.74, 6) is -1.80. The standard InChI is InChI=1S/C16H28N2O5/c1-5-10(6-2)7-12(17-9(3)19)14-11(16(22)23-4)8-13(18-14)15(20)21/h10-14,18H,5-8H2,1-4H3,(H,17,19)(H,20,21)/t11?,12?,13-,14?/m0/s1. The number of rotatable bonds is 8. The SMILES string of the molecule is CCC(CC)CC(NC(C)=O)C1N[C@H](C(=O)O)CC1C(=O)OC. The first-order valence-corrected chi connectivity index (χ1v) is 8.17. The molecule has 1 saturated heterocycles. The van der Waals surface area contributed by atoms with Gasteiger partial charge in [-0.25, -0.2) is 0 Å². The number of nitrogens with one attached hydrogen (secondary N) is 2. The maximum atomic E-state index is 12.0. The van der Waals surface area contributed by atoms with Crippen molar-refractivity contribution in [3.8, 4) is 0 Å². The summed E-state index contributed by atoms with van der Waals surface area (Å²) in [4.78, 5) is 34.9. The molecule has 3 unspecified atom stereocenters. The number of esters is 1. The Balaban J connectivity index is 3.00. The summed E-state index contributed by atoms with van der Waals surface area (Å²) in [6.07, 6.45) is 2.80. The van der Waals surface area contributed by atoms with Crippen molar-refractivity contribution in [2.24, 2.45) is 11.8 Å². The highest BCUT2D eigenvalue weighted by Crippen LogP contribution is 2.28. The molecule has 0 bridgehead atoms. The molecule has 0 aromatic carbocycles. The third-order valence-corrected chi connectivity index (χ3v) is 4.68. The number of methoxy groups -OCH3 is 1. The van der Waals surface area contributed by atoms with Gasteiger partial charge in [0.1, 0.15) is 6.04 Å². The molecule has 0 spiro atoms. The minimum absolute atomic E-state index is 0.172. The fourth-order valence-corrected chi connectivity index (χ4v) is 3.32. The van der Waals surface area contributed by atoms with Crippen LogP contribution in [0.4, 0.5) is 0 Å². The Kier molecular flexibility index (Phi) is 7.48. The van der Waals surface area contributed by atoms with Crippen LogP contribution < -0.4 is 10.6 Å². The zero-order valence-corrected chi connectivity index (χ0v) is 14.3. The predicted molar refractivity (Wildman–Crippen MR) is 84.8 cm³/mol. The van der Waals surface area contributed by atoms with Crippen LogP contribution >= 0.6 is 0 Å². The third-order valence-electron chi connectivity index (χ3n) is 4.68. The fraction of sp³-hybridized carbons (Fsp3) is 0.812. The third kappa shape index (κ3) is 5.20. The van der Waals surface area contributed by atoms with Crippen LogP contribution in [-0.2, 0) is 19.1 Å². The van der Waals surface area contributed by atoms with Gasteiger partial charge in [-0.3, -0.25) is 19.7 Å². The number of amides is 1. The maximum Gasteiger partial charge on any atom is 0.320 e. The first-order chi connectivity index (χ1) is 10.8. The van der Waals surface area contributed by atoms with E-state index in [0.29, 0.717) is 12.3 Å². The number of hydrogen-bond acceptors (Lipinski definition) is 5. The molecular weight excluding hydrogens is 300 g/mol. The molecule has 3 N–H and O–H groups in total. The topological polar surface area (TPSA) is 105 Å². The second-order valence-electron chi connectivity index (χ2n) is 6.17. The minimum atomic E-state index is -0.995. The highest BCUT2D eigenvalue weighted by Gasteiger charge is 2.45. The fourth-order valence-electron chi connectivity index (χ4n) is 3.32. The van der Waals surface area contributed by atoms with Gasteiger partial charge in [0.05, 0.1) is 13.0 Å². The highest BCUT2D eigenvalue weighted by atomic mass is 16.5. The molecular formula is C16H28N2O5. The van der Waals surface area contributed by atoms with Gasteiger partial charge in [-0.2, -0.15) is 0 Å². The Bertz CT molecular complexity index is 436. The van der Waals surface area contributed by atoms with Gasteiger partial charge in [0.2, 0.25) is 5.91 Å². The van der Waals surface area contributed by atoms with Crippen molar-refractivity contribution in [2.45, 2.75) is 64.6 Å². The number of carbonyl (C=O) groups excluding carboxylic acids is 2. The Morgan fingerprint density at radius 3 is 2.35 bits per heavy atom. The summed E-state index contributed by atoms with van der Waals surface area (Å²) in [7, 11) is 1.29. The van der Waals surface area contributed by atoms with Crippen LogP contribution in [0.1, 0.15) is 46.5 Å². The number of carboxylic acids is 1. The van der Waals surface area contributed by atoms with E-state index in [1.165, 1.54) is 14.0 Å². The molecule has 7 heteroatoms. The van der Waals surface area contributed by atoms with Crippen LogP contribution in [0.15, 0.2) is 0 Å². The molecule has 23 heavy (non-hydrogen) atoms. The van der Waals surface area contributed by atoms with Gasteiger partial charge < -0.3 is 15.2 Å². The summed E-state index contributed by atoms with van der Waals surface area (Å²) in [6.45, 7) is 5.59. The highest BCUT2D eigenvalue weighted by molar-refractivity contribution is 5.79. The number of ether oxygens (including phenoxy) is 1. The van der Waals surface area contributed by atoms with Crippen molar-refractivity contribution in [2.75, 3.05) is 7.11 Å². The van der Waals surface area contributed by atoms with Crippen molar-refractivity contribution in [1.29, 1.82) is 0 Å². The van der Waals surface area contributed by atoms with Crippen LogP contribution in [0.2, 0.25) is 0 Å². The van der Waals surface area contributed by atoms with Gasteiger partial charge in [0.15, 0.2) is 0 Å². The van der Waals surface area contributed by atoms with Gasteiger partial charge in [-0.1, -0.05) is 26.7 Å². The second-order valence-corrected chi connectivity index (χ2v) is 6.17. The van der Waals surface area contributed by atoms with Crippen molar-refractivity contribution in [3.63, 3.8) is 0 Å². The Morgan fingerprint density at radius 2 is 1.91 bits per heavy atom. The first-order valence-electron chi connectivity index (χ1n) is 8.17. The molecule has 1 fully saturated rings.